The third-order valence-corrected chi connectivity index (χ3v) is 21.4. The zero-order valence-electron chi connectivity index (χ0n) is 75.0. The summed E-state index contributed by atoms with van der Waals surface area (Å²) in [5.74, 6) is 4.86. The third-order valence-electron chi connectivity index (χ3n) is 20.5. The summed E-state index contributed by atoms with van der Waals surface area (Å²) in [4.78, 5) is 79.3. The van der Waals surface area contributed by atoms with E-state index in [-0.39, 0.29) is 94.7 Å². The van der Waals surface area contributed by atoms with Crippen LogP contribution in [0.2, 0.25) is 0 Å². The molecule has 108 heavy (non-hydrogen) atoms. The minimum absolute atomic E-state index is 0.0148. The van der Waals surface area contributed by atoms with Crippen molar-refractivity contribution in [2.24, 2.45) is 100 Å². The number of ether oxygens (including phenoxy) is 9. The van der Waals surface area contributed by atoms with Crippen LogP contribution < -0.4 is 0 Å². The largest absolute Gasteiger partial charge is 0.469 e. The number of rotatable bonds is 39. The van der Waals surface area contributed by atoms with E-state index in [0.717, 1.165) is 56.7 Å². The molecule has 10 unspecified atom stereocenters. The van der Waals surface area contributed by atoms with E-state index in [1.165, 1.54) is 49.8 Å². The molecule has 0 amide bonds. The molecule has 1 aromatic rings. The Hall–Kier alpha value is -6.04. The van der Waals surface area contributed by atoms with E-state index in [2.05, 4.69) is 214 Å². The Morgan fingerprint density at radius 3 is 0.926 bits per heavy atom. The Balaban J connectivity index is -0.000000281. The number of esters is 7. The summed E-state index contributed by atoms with van der Waals surface area (Å²) in [5.41, 5.74) is 8.50. The monoisotopic (exact) mass is 1540 g/mol. The van der Waals surface area contributed by atoms with Gasteiger partial charge in [-0.3, -0.25) is 33.6 Å². The topological polar surface area (TPSA) is 203 Å². The summed E-state index contributed by atoms with van der Waals surface area (Å²) in [6.45, 7) is 80.9. The maximum absolute atomic E-state index is 11.5. The summed E-state index contributed by atoms with van der Waals surface area (Å²) in [6, 6.07) is 9.99. The predicted octanol–water partition coefficient (Wildman–Crippen LogP) is 22.0. The number of allylic oxidation sites excluding steroid dienone is 5. The van der Waals surface area contributed by atoms with Crippen molar-refractivity contribution >= 4 is 53.5 Å². The second-order valence-corrected chi connectivity index (χ2v) is 33.2. The molecule has 0 fully saturated rings. The van der Waals surface area contributed by atoms with Gasteiger partial charge in [-0.25, -0.2) is 0 Å². The number of thioether (sulfide) groups is 1. The van der Waals surface area contributed by atoms with Crippen molar-refractivity contribution < 1.29 is 76.2 Å². The smallest absolute Gasteiger partial charge is 0.306 e. The summed E-state index contributed by atoms with van der Waals surface area (Å²) in [7, 11) is 13.2. The van der Waals surface area contributed by atoms with Crippen LogP contribution in [0.5, 0.6) is 0 Å². The van der Waals surface area contributed by atoms with Crippen molar-refractivity contribution in [2.75, 3.05) is 76.0 Å². The van der Waals surface area contributed by atoms with Crippen molar-refractivity contribution in [2.45, 2.75) is 242 Å². The molecule has 0 aliphatic carbocycles. The predicted molar refractivity (Wildman–Crippen MR) is 453 cm³/mol. The van der Waals surface area contributed by atoms with E-state index in [9.17, 15) is 33.6 Å². The quantitative estimate of drug-likeness (QED) is 0.0342. The fourth-order valence-corrected chi connectivity index (χ4v) is 12.2. The molecule has 0 radical (unpaired) electrons. The Kier molecular flexibility index (Phi) is 63.4. The van der Waals surface area contributed by atoms with Crippen molar-refractivity contribution in [3.05, 3.63) is 121 Å². The van der Waals surface area contributed by atoms with Crippen molar-refractivity contribution in [3.8, 4) is 0 Å². The van der Waals surface area contributed by atoms with Crippen LogP contribution in [0.15, 0.2) is 115 Å². The number of carbonyl (C=O) groups is 7. The molecule has 17 heteroatoms. The average Bonchev–Trinajstić information content (AvgIpc) is 0.856. The minimum atomic E-state index is -0.407. The lowest BCUT2D eigenvalue weighted by molar-refractivity contribution is -0.144. The summed E-state index contributed by atoms with van der Waals surface area (Å²) in [6.07, 6.45) is 5.94. The zero-order valence-corrected chi connectivity index (χ0v) is 75.8. The Morgan fingerprint density at radius 1 is 0.361 bits per heavy atom. The van der Waals surface area contributed by atoms with Crippen LogP contribution in [0.4, 0.5) is 0 Å². The molecule has 0 aromatic heterocycles. The first-order valence-electron chi connectivity index (χ1n) is 38.6. The van der Waals surface area contributed by atoms with Gasteiger partial charge < -0.3 is 42.6 Å². The number of benzene rings is 1. The zero-order chi connectivity index (χ0) is 86.0. The van der Waals surface area contributed by atoms with Crippen LogP contribution in [0.1, 0.15) is 236 Å². The van der Waals surface area contributed by atoms with Crippen LogP contribution >= 0.6 is 11.8 Å². The molecular weight excluding hydrogens is 1380 g/mol. The Labute approximate surface area is 665 Å². The Bertz CT molecular complexity index is 2750. The van der Waals surface area contributed by atoms with Crippen LogP contribution in [-0.2, 0) is 76.2 Å². The fourth-order valence-electron chi connectivity index (χ4n) is 11.4. The van der Waals surface area contributed by atoms with Gasteiger partial charge in [-0.2, -0.15) is 11.8 Å². The van der Waals surface area contributed by atoms with Gasteiger partial charge in [-0.05, 0) is 127 Å². The van der Waals surface area contributed by atoms with Gasteiger partial charge in [0.05, 0.1) is 106 Å². The molecule has 1 aromatic carbocycles. The fraction of sp³-hybridized carbons (Fsp3) is 0.703. The van der Waals surface area contributed by atoms with E-state index in [1.807, 2.05) is 62.9 Å². The van der Waals surface area contributed by atoms with Crippen LogP contribution in [-0.4, -0.2) is 129 Å². The lowest BCUT2D eigenvalue weighted by Gasteiger charge is -2.35. The highest BCUT2D eigenvalue weighted by atomic mass is 32.2. The molecule has 0 N–H and O–H groups in total. The van der Waals surface area contributed by atoms with Gasteiger partial charge in [0.1, 0.15) is 0 Å². The van der Waals surface area contributed by atoms with Gasteiger partial charge in [0.2, 0.25) is 0 Å². The SMILES string of the molecule is C=C(C(C)C)C(CC(=O)OC)C(C)(C)C.C=C(C(C)C)C(CC(=O)OC)C(C)(C)OC.C=C(C(C)C)C(CC(=O)OC)C(C)C.C=C(C(C)C)C(CC(=O)OC)C(C)CC.C=C(C(C)C)C(CC(=O)OC)C(C)CSC.C=C(C(C)C)C(CC(=O)OC)C(C)OC.C=C(C(C)C)C(CC(=O)OC)c1ccccc1. The molecule has 0 bridgehead atoms. The molecule has 10 atom stereocenters. The van der Waals surface area contributed by atoms with Gasteiger partial charge in [0, 0.05) is 32.0 Å². The minimum Gasteiger partial charge on any atom is -0.469 e. The van der Waals surface area contributed by atoms with Gasteiger partial charge in [-0.1, -0.05) is 274 Å². The maximum atomic E-state index is 11.5. The highest BCUT2D eigenvalue weighted by molar-refractivity contribution is 7.98. The second kappa shape index (κ2) is 60.7. The maximum Gasteiger partial charge on any atom is 0.306 e. The summed E-state index contributed by atoms with van der Waals surface area (Å²) in [5, 5.41) is 0. The van der Waals surface area contributed by atoms with Crippen molar-refractivity contribution in [1.82, 2.24) is 0 Å². The molecule has 626 valence electrons. The first-order chi connectivity index (χ1) is 49.7. The second-order valence-electron chi connectivity index (χ2n) is 32.2. The van der Waals surface area contributed by atoms with Crippen LogP contribution in [0.3, 0.4) is 0 Å². The van der Waals surface area contributed by atoms with Gasteiger partial charge in [-0.15, -0.1) is 0 Å². The van der Waals surface area contributed by atoms with E-state index >= 15 is 0 Å². The number of hydrogen-bond acceptors (Lipinski definition) is 17. The van der Waals surface area contributed by atoms with Crippen molar-refractivity contribution in [3.63, 3.8) is 0 Å². The molecule has 16 nitrogen and oxygen atoms in total. The summed E-state index contributed by atoms with van der Waals surface area (Å²) >= 11 is 1.81. The van der Waals surface area contributed by atoms with E-state index < -0.39 is 5.60 Å². The van der Waals surface area contributed by atoms with E-state index in [1.54, 1.807) is 14.2 Å². The normalized spacial score (nSPS) is 13.8. The van der Waals surface area contributed by atoms with Gasteiger partial charge in [0.15, 0.2) is 0 Å². The molecular formula is C91H160O16S. The average molecular weight is 1540 g/mol. The molecule has 1 rings (SSSR count). The van der Waals surface area contributed by atoms with Crippen LogP contribution in [0.25, 0.3) is 0 Å². The molecule has 0 saturated carbocycles. The van der Waals surface area contributed by atoms with Gasteiger partial charge in [0.25, 0.3) is 0 Å². The van der Waals surface area contributed by atoms with Gasteiger partial charge >= 0.3 is 41.8 Å². The highest BCUT2D eigenvalue weighted by Gasteiger charge is 2.35. The van der Waals surface area contributed by atoms with E-state index in [0.29, 0.717) is 104 Å². The van der Waals surface area contributed by atoms with E-state index in [4.69, 9.17) is 33.2 Å². The first kappa shape index (κ1) is 113. The Morgan fingerprint density at radius 2 is 0.639 bits per heavy atom. The number of carbonyl (C=O) groups excluding carboxylic acids is 7. The number of methoxy groups -OCH3 is 9. The van der Waals surface area contributed by atoms with Crippen LogP contribution in [0, 0.1) is 100 Å². The number of hydrogen-bond donors (Lipinski definition) is 0. The highest BCUT2D eigenvalue weighted by Crippen LogP contribution is 2.39. The third kappa shape index (κ3) is 48.6. The molecule has 0 saturated heterocycles. The molecule has 0 aliphatic heterocycles. The summed E-state index contributed by atoms with van der Waals surface area (Å²) < 4.78 is 43.7. The molecule has 0 heterocycles. The lowest BCUT2D eigenvalue weighted by atomic mass is 9.72. The molecule has 0 spiro atoms. The lowest BCUT2D eigenvalue weighted by Crippen LogP contribution is -2.37. The van der Waals surface area contributed by atoms with Crippen molar-refractivity contribution in [1.29, 1.82) is 0 Å². The first-order valence-corrected chi connectivity index (χ1v) is 40.0. The molecule has 0 aliphatic rings. The standard InChI is InChI=1S/C15H20O2.C13H24O3.C13H24O2S.2C13H24O2.C12H22O3.C12H22O2/c1-11(2)12(3)14(10-15(16)17-4)13-8-6-5-7-9-13;1-9(2)10(3)11(8-12(14)15-6)13(4,5)16-7;1-9(2)11(4)12(7-13(14)15-5)10(3)8-16-6;1-9(2)10(3)11(13(4,5)6)8-12(14)15-7;1-7-10(4)12(8-13(14)15-6)11(5)9(2)3;1-8(2)9(3)11(10(4)14-5)7-12(13)15-6;1-8(2)10(5)11(9(3)4)7-12(13)14-6/h5-9,11,14H,3,10H2,1-2,4H3;9,11H,3,8H2,1-2,4-7H3;9-10,12H,4,7-8H2,1-3,5-6H3;9,11H,3,8H2,1-2,4-7H3;9-10,12H,5,7-8H2,1-4,6H3;8,10-11H,3,7H2,1-2,4-6H3;8-9,11H,5,7H2,1-4,6H3.